The minimum atomic E-state index is -0.284. The number of rotatable bonds is 4. The van der Waals surface area contributed by atoms with E-state index in [9.17, 15) is 9.59 Å². The Kier molecular flexibility index (Phi) is 4.73. The van der Waals surface area contributed by atoms with Gasteiger partial charge in [-0.05, 0) is 48.6 Å². The van der Waals surface area contributed by atoms with Crippen molar-refractivity contribution in [2.45, 2.75) is 6.54 Å². The molecule has 0 amide bonds. The molecule has 4 aromatic rings. The molecule has 0 N–H and O–H groups in total. The Morgan fingerprint density at radius 2 is 1.81 bits per heavy atom. The number of benzene rings is 2. The van der Waals surface area contributed by atoms with Crippen molar-refractivity contribution in [2.75, 3.05) is 0 Å². The van der Waals surface area contributed by atoms with Crippen LogP contribution in [0.5, 0.6) is 0 Å². The van der Waals surface area contributed by atoms with E-state index in [1.807, 2.05) is 30.3 Å². The summed E-state index contributed by atoms with van der Waals surface area (Å²) in [5.74, 6) is -0.194. The SMILES string of the molecule is O=C(Cn1cnc2c(sc(=S)n2-c2ccccc2)c1=O)c1ccc(Cl)cc1. The summed E-state index contributed by atoms with van der Waals surface area (Å²) in [6, 6.07) is 16.1. The lowest BCUT2D eigenvalue weighted by Crippen LogP contribution is -2.24. The molecule has 27 heavy (non-hydrogen) atoms. The molecule has 2 aromatic heterocycles. The molecule has 5 nitrogen and oxygen atoms in total. The van der Waals surface area contributed by atoms with Crippen LogP contribution in [0.25, 0.3) is 16.0 Å². The minimum absolute atomic E-state index is 0.0978. The Labute approximate surface area is 168 Å². The van der Waals surface area contributed by atoms with Crippen molar-refractivity contribution in [3.63, 3.8) is 0 Å². The number of thiazole rings is 1. The highest BCUT2D eigenvalue weighted by Crippen LogP contribution is 2.22. The van der Waals surface area contributed by atoms with Crippen LogP contribution in [-0.2, 0) is 6.54 Å². The van der Waals surface area contributed by atoms with Gasteiger partial charge in [0, 0.05) is 16.3 Å². The van der Waals surface area contributed by atoms with Crippen LogP contribution in [0.4, 0.5) is 0 Å². The van der Waals surface area contributed by atoms with E-state index in [-0.39, 0.29) is 17.9 Å². The molecule has 2 heterocycles. The Morgan fingerprint density at radius 3 is 2.52 bits per heavy atom. The average molecular weight is 414 g/mol. The van der Waals surface area contributed by atoms with E-state index in [1.54, 1.807) is 28.8 Å². The lowest BCUT2D eigenvalue weighted by molar-refractivity contribution is 0.0970. The third kappa shape index (κ3) is 3.37. The molecule has 0 aliphatic carbocycles. The van der Waals surface area contributed by atoms with Crippen LogP contribution >= 0.6 is 35.2 Å². The van der Waals surface area contributed by atoms with Gasteiger partial charge in [-0.15, -0.1) is 0 Å². The molecule has 0 saturated heterocycles. The maximum Gasteiger partial charge on any atom is 0.273 e. The fourth-order valence-electron chi connectivity index (χ4n) is 2.73. The lowest BCUT2D eigenvalue weighted by Gasteiger charge is -2.06. The van der Waals surface area contributed by atoms with Gasteiger partial charge in [0.15, 0.2) is 15.4 Å². The summed E-state index contributed by atoms with van der Waals surface area (Å²) >= 11 is 12.5. The summed E-state index contributed by atoms with van der Waals surface area (Å²) in [5, 5.41) is 0.550. The number of hydrogen-bond donors (Lipinski definition) is 0. The first-order chi connectivity index (χ1) is 13.0. The van der Waals surface area contributed by atoms with Crippen LogP contribution in [0.15, 0.2) is 65.7 Å². The number of hydrogen-bond acceptors (Lipinski definition) is 5. The molecule has 134 valence electrons. The summed E-state index contributed by atoms with van der Waals surface area (Å²) < 4.78 is 4.03. The number of carbonyl (C=O) groups is 1. The zero-order valence-electron chi connectivity index (χ0n) is 13.8. The zero-order valence-corrected chi connectivity index (χ0v) is 16.2. The number of para-hydroxylation sites is 1. The molecule has 0 atom stereocenters. The summed E-state index contributed by atoms with van der Waals surface area (Å²) in [7, 11) is 0. The smallest absolute Gasteiger partial charge is 0.273 e. The van der Waals surface area contributed by atoms with Gasteiger partial charge in [0.1, 0.15) is 11.0 Å². The Balaban J connectivity index is 1.75. The standard InChI is InChI=1S/C19H12ClN3O2S2/c20-13-8-6-12(7-9-13)15(24)10-22-11-21-17-16(18(22)25)27-19(26)23(17)14-4-2-1-3-5-14/h1-9,11H,10H2. The normalized spacial score (nSPS) is 11.0. The maximum absolute atomic E-state index is 12.8. The van der Waals surface area contributed by atoms with Crippen molar-refractivity contribution in [1.29, 1.82) is 0 Å². The summed E-state index contributed by atoms with van der Waals surface area (Å²) in [4.78, 5) is 29.7. The van der Waals surface area contributed by atoms with Crippen molar-refractivity contribution in [2.24, 2.45) is 0 Å². The topological polar surface area (TPSA) is 56.9 Å². The third-order valence-electron chi connectivity index (χ3n) is 4.06. The van der Waals surface area contributed by atoms with Crippen LogP contribution in [0.3, 0.4) is 0 Å². The fourth-order valence-corrected chi connectivity index (χ4v) is 4.19. The quantitative estimate of drug-likeness (QED) is 0.364. The minimum Gasteiger partial charge on any atom is -0.292 e. The van der Waals surface area contributed by atoms with Gasteiger partial charge in [-0.3, -0.25) is 18.7 Å². The molecule has 0 fully saturated rings. The van der Waals surface area contributed by atoms with Crippen LogP contribution in [0.1, 0.15) is 10.4 Å². The van der Waals surface area contributed by atoms with Gasteiger partial charge in [0.2, 0.25) is 0 Å². The third-order valence-corrected chi connectivity index (χ3v) is 5.66. The number of halogens is 1. The van der Waals surface area contributed by atoms with E-state index in [0.717, 1.165) is 5.69 Å². The maximum atomic E-state index is 12.8. The molecular weight excluding hydrogens is 402 g/mol. The molecule has 0 unspecified atom stereocenters. The lowest BCUT2D eigenvalue weighted by atomic mass is 10.1. The number of ketones is 1. The zero-order chi connectivity index (χ0) is 19.0. The van der Waals surface area contributed by atoms with Gasteiger partial charge in [-0.2, -0.15) is 0 Å². The van der Waals surface area contributed by atoms with Gasteiger partial charge in [-0.1, -0.05) is 41.1 Å². The number of carbonyl (C=O) groups excluding carboxylic acids is 1. The van der Waals surface area contributed by atoms with Crippen LogP contribution in [0.2, 0.25) is 5.02 Å². The summed E-state index contributed by atoms with van der Waals surface area (Å²) in [6.45, 7) is -0.0978. The predicted octanol–water partition coefficient (Wildman–Crippen LogP) is 4.51. The van der Waals surface area contributed by atoms with E-state index in [4.69, 9.17) is 23.8 Å². The Morgan fingerprint density at radius 1 is 1.11 bits per heavy atom. The Bertz CT molecular complexity index is 1260. The van der Waals surface area contributed by atoms with Gasteiger partial charge in [0.25, 0.3) is 5.56 Å². The van der Waals surface area contributed by atoms with Crippen LogP contribution in [0, 0.1) is 3.95 Å². The number of Topliss-reactive ketones (excluding diaryl/α,β-unsaturated/α-hetero) is 1. The van der Waals surface area contributed by atoms with E-state index >= 15 is 0 Å². The fraction of sp³-hybridized carbons (Fsp3) is 0.0526. The van der Waals surface area contributed by atoms with Crippen molar-refractivity contribution >= 4 is 51.3 Å². The number of aromatic nitrogens is 3. The molecule has 0 aliphatic rings. The van der Waals surface area contributed by atoms with E-state index in [2.05, 4.69) is 4.98 Å². The van der Waals surface area contributed by atoms with Crippen LogP contribution in [-0.4, -0.2) is 19.9 Å². The average Bonchev–Trinajstić information content (AvgIpc) is 3.02. The van der Waals surface area contributed by atoms with Gasteiger partial charge in [0.05, 0.1) is 6.54 Å². The van der Waals surface area contributed by atoms with E-state index < -0.39 is 0 Å². The van der Waals surface area contributed by atoms with Crippen molar-refractivity contribution < 1.29 is 4.79 Å². The highest BCUT2D eigenvalue weighted by atomic mass is 35.5. The first kappa shape index (κ1) is 17.8. The van der Waals surface area contributed by atoms with Crippen molar-refractivity contribution in [1.82, 2.24) is 14.1 Å². The molecular formula is C19H12ClN3O2S2. The van der Waals surface area contributed by atoms with E-state index in [0.29, 0.717) is 24.9 Å². The summed E-state index contributed by atoms with van der Waals surface area (Å²) in [6.07, 6.45) is 1.39. The first-order valence-electron chi connectivity index (χ1n) is 8.00. The van der Waals surface area contributed by atoms with Crippen LogP contribution < -0.4 is 5.56 Å². The monoisotopic (exact) mass is 413 g/mol. The molecule has 0 radical (unpaired) electrons. The Hall–Kier alpha value is -2.61. The second kappa shape index (κ2) is 7.19. The second-order valence-electron chi connectivity index (χ2n) is 5.80. The highest BCUT2D eigenvalue weighted by molar-refractivity contribution is 7.73. The molecule has 0 spiro atoms. The largest absolute Gasteiger partial charge is 0.292 e. The van der Waals surface area contributed by atoms with Gasteiger partial charge < -0.3 is 0 Å². The molecule has 2 aromatic carbocycles. The first-order valence-corrected chi connectivity index (χ1v) is 9.60. The van der Waals surface area contributed by atoms with Gasteiger partial charge in [-0.25, -0.2) is 4.98 Å². The molecule has 0 aliphatic heterocycles. The molecule has 8 heteroatoms. The van der Waals surface area contributed by atoms with Gasteiger partial charge >= 0.3 is 0 Å². The molecule has 4 rings (SSSR count). The molecule has 0 saturated carbocycles. The second-order valence-corrected chi connectivity index (χ2v) is 7.88. The number of nitrogens with zero attached hydrogens (tertiary/aromatic N) is 3. The van der Waals surface area contributed by atoms with Crippen molar-refractivity contribution in [3.8, 4) is 5.69 Å². The van der Waals surface area contributed by atoms with E-state index in [1.165, 1.54) is 22.2 Å². The number of fused-ring (bicyclic) bond motifs is 1. The molecule has 0 bridgehead atoms. The predicted molar refractivity (Wildman–Crippen MR) is 110 cm³/mol. The summed E-state index contributed by atoms with van der Waals surface area (Å²) in [5.41, 5.74) is 1.54. The highest BCUT2D eigenvalue weighted by Gasteiger charge is 2.15. The van der Waals surface area contributed by atoms with Crippen molar-refractivity contribution in [3.05, 3.63) is 85.8 Å².